The molecule has 22 heavy (non-hydrogen) atoms. The Balaban J connectivity index is 2.14. The molecule has 0 atom stereocenters. The largest absolute Gasteiger partial charge is 0.457 e. The SMILES string of the molecule is CNC(=O)c1cc(Oc2ccc(CCCO)c(F)c2)ccn1. The summed E-state index contributed by atoms with van der Waals surface area (Å²) in [7, 11) is 1.51. The number of ether oxygens (including phenoxy) is 1. The van der Waals surface area contributed by atoms with E-state index in [0.29, 0.717) is 29.9 Å². The molecule has 0 radical (unpaired) electrons. The highest BCUT2D eigenvalue weighted by Gasteiger charge is 2.08. The Bertz CT molecular complexity index is 662. The number of aryl methyl sites for hydroxylation is 1. The van der Waals surface area contributed by atoms with Crippen LogP contribution in [0.4, 0.5) is 4.39 Å². The van der Waals surface area contributed by atoms with Crippen molar-refractivity contribution in [3.05, 3.63) is 53.6 Å². The molecule has 2 rings (SSSR count). The molecule has 0 fully saturated rings. The third-order valence-electron chi connectivity index (χ3n) is 3.06. The Labute approximate surface area is 127 Å². The lowest BCUT2D eigenvalue weighted by molar-refractivity contribution is 0.0958. The number of benzene rings is 1. The van der Waals surface area contributed by atoms with Crippen LogP contribution in [0.15, 0.2) is 36.5 Å². The number of hydrogen-bond donors (Lipinski definition) is 2. The lowest BCUT2D eigenvalue weighted by Crippen LogP contribution is -2.18. The molecule has 6 heteroatoms. The molecule has 1 aromatic carbocycles. The summed E-state index contributed by atoms with van der Waals surface area (Å²) in [5.74, 6) is 0.0259. The number of aromatic nitrogens is 1. The molecule has 0 aliphatic carbocycles. The third kappa shape index (κ3) is 4.02. The molecule has 1 amide bonds. The summed E-state index contributed by atoms with van der Waals surface area (Å²) in [5, 5.41) is 11.2. The summed E-state index contributed by atoms with van der Waals surface area (Å²) in [6.07, 6.45) is 2.43. The molecule has 0 spiro atoms. The number of carbonyl (C=O) groups excluding carboxylic acids is 1. The predicted molar refractivity (Wildman–Crippen MR) is 79.5 cm³/mol. The summed E-state index contributed by atoms with van der Waals surface area (Å²) in [4.78, 5) is 15.4. The maximum Gasteiger partial charge on any atom is 0.269 e. The zero-order chi connectivity index (χ0) is 15.9. The molecule has 0 saturated heterocycles. The van der Waals surface area contributed by atoms with Crippen molar-refractivity contribution < 1.29 is 19.0 Å². The first-order valence-electron chi connectivity index (χ1n) is 6.89. The van der Waals surface area contributed by atoms with Crippen molar-refractivity contribution in [2.75, 3.05) is 13.7 Å². The van der Waals surface area contributed by atoms with E-state index in [2.05, 4.69) is 10.3 Å². The highest BCUT2D eigenvalue weighted by atomic mass is 19.1. The summed E-state index contributed by atoms with van der Waals surface area (Å²) in [6.45, 7) is 0.0248. The second kappa shape index (κ2) is 7.51. The molecule has 2 N–H and O–H groups in total. The van der Waals surface area contributed by atoms with E-state index in [-0.39, 0.29) is 24.0 Å². The number of hydrogen-bond acceptors (Lipinski definition) is 4. The van der Waals surface area contributed by atoms with E-state index in [0.717, 1.165) is 0 Å². The van der Waals surface area contributed by atoms with Crippen molar-refractivity contribution in [3.8, 4) is 11.5 Å². The first kappa shape index (κ1) is 15.9. The topological polar surface area (TPSA) is 71.5 Å². The lowest BCUT2D eigenvalue weighted by Gasteiger charge is -2.09. The fourth-order valence-corrected chi connectivity index (χ4v) is 1.93. The zero-order valence-electron chi connectivity index (χ0n) is 12.2. The van der Waals surface area contributed by atoms with Crippen molar-refractivity contribution >= 4 is 5.91 Å². The van der Waals surface area contributed by atoms with Gasteiger partial charge in [-0.25, -0.2) is 4.39 Å². The molecule has 0 bridgehead atoms. The van der Waals surface area contributed by atoms with E-state index in [1.165, 1.54) is 25.4 Å². The maximum absolute atomic E-state index is 13.9. The first-order valence-corrected chi connectivity index (χ1v) is 6.89. The van der Waals surface area contributed by atoms with Gasteiger partial charge in [0.05, 0.1) is 0 Å². The summed E-state index contributed by atoms with van der Waals surface area (Å²) >= 11 is 0. The van der Waals surface area contributed by atoms with Gasteiger partial charge < -0.3 is 15.2 Å². The van der Waals surface area contributed by atoms with Crippen LogP contribution in [0.3, 0.4) is 0 Å². The minimum atomic E-state index is -0.383. The Morgan fingerprint density at radius 2 is 2.09 bits per heavy atom. The van der Waals surface area contributed by atoms with E-state index in [9.17, 15) is 9.18 Å². The average Bonchev–Trinajstić information content (AvgIpc) is 2.53. The van der Waals surface area contributed by atoms with Gasteiger partial charge >= 0.3 is 0 Å². The number of nitrogens with one attached hydrogen (secondary N) is 1. The average molecular weight is 304 g/mol. The molecular weight excluding hydrogens is 287 g/mol. The second-order valence-electron chi connectivity index (χ2n) is 4.64. The number of pyridine rings is 1. The molecule has 0 saturated carbocycles. The van der Waals surface area contributed by atoms with Crippen LogP contribution in [-0.2, 0) is 6.42 Å². The van der Waals surface area contributed by atoms with Crippen LogP contribution in [0.2, 0.25) is 0 Å². The Kier molecular flexibility index (Phi) is 5.43. The van der Waals surface area contributed by atoms with Gasteiger partial charge in [-0.15, -0.1) is 0 Å². The van der Waals surface area contributed by atoms with Crippen molar-refractivity contribution in [1.82, 2.24) is 10.3 Å². The van der Waals surface area contributed by atoms with Gasteiger partial charge in [0.25, 0.3) is 5.91 Å². The minimum absolute atomic E-state index is 0.0248. The quantitative estimate of drug-likeness (QED) is 0.859. The van der Waals surface area contributed by atoms with Crippen LogP contribution in [0, 0.1) is 5.82 Å². The molecule has 0 unspecified atom stereocenters. The standard InChI is InChI=1S/C16H17FN2O3/c1-18-16(21)15-10-13(6-7-19-15)22-12-5-4-11(3-2-8-20)14(17)9-12/h4-7,9-10,20H,2-3,8H2,1H3,(H,18,21). The number of nitrogens with zero attached hydrogens (tertiary/aromatic N) is 1. The van der Waals surface area contributed by atoms with Crippen LogP contribution in [0.5, 0.6) is 11.5 Å². The number of aliphatic hydroxyl groups excluding tert-OH is 1. The van der Waals surface area contributed by atoms with Crippen LogP contribution in [-0.4, -0.2) is 29.7 Å². The first-order chi connectivity index (χ1) is 10.6. The van der Waals surface area contributed by atoms with E-state index in [1.54, 1.807) is 18.2 Å². The summed E-state index contributed by atoms with van der Waals surface area (Å²) in [5.41, 5.74) is 0.752. The van der Waals surface area contributed by atoms with Crippen LogP contribution in [0.1, 0.15) is 22.5 Å². The maximum atomic E-state index is 13.9. The predicted octanol–water partition coefficient (Wildman–Crippen LogP) is 2.30. The smallest absolute Gasteiger partial charge is 0.269 e. The molecule has 0 aliphatic rings. The summed E-state index contributed by atoms with van der Waals surface area (Å²) in [6, 6.07) is 7.63. The normalized spacial score (nSPS) is 10.3. The number of carbonyl (C=O) groups is 1. The van der Waals surface area contributed by atoms with Gasteiger partial charge in [-0.3, -0.25) is 9.78 Å². The Morgan fingerprint density at radius 3 is 2.77 bits per heavy atom. The van der Waals surface area contributed by atoms with Crippen molar-refractivity contribution in [2.45, 2.75) is 12.8 Å². The Morgan fingerprint density at radius 1 is 1.32 bits per heavy atom. The number of halogens is 1. The van der Waals surface area contributed by atoms with Gasteiger partial charge in [-0.05, 0) is 30.5 Å². The lowest BCUT2D eigenvalue weighted by atomic mass is 10.1. The van der Waals surface area contributed by atoms with Crippen LogP contribution in [0.25, 0.3) is 0 Å². The Hall–Kier alpha value is -2.47. The second-order valence-corrected chi connectivity index (χ2v) is 4.64. The molecule has 2 aromatic rings. The van der Waals surface area contributed by atoms with Gasteiger partial charge in [-0.1, -0.05) is 6.07 Å². The van der Waals surface area contributed by atoms with Gasteiger partial charge in [0.1, 0.15) is 23.0 Å². The van der Waals surface area contributed by atoms with E-state index >= 15 is 0 Å². The van der Waals surface area contributed by atoms with Gasteiger partial charge in [0, 0.05) is 32.0 Å². The molecule has 1 heterocycles. The fourth-order valence-electron chi connectivity index (χ4n) is 1.93. The van der Waals surface area contributed by atoms with E-state index in [1.807, 2.05) is 0 Å². The molecule has 116 valence electrons. The van der Waals surface area contributed by atoms with Crippen LogP contribution < -0.4 is 10.1 Å². The molecular formula is C16H17FN2O3. The van der Waals surface area contributed by atoms with Crippen molar-refractivity contribution in [2.24, 2.45) is 0 Å². The highest BCUT2D eigenvalue weighted by Crippen LogP contribution is 2.24. The minimum Gasteiger partial charge on any atom is -0.457 e. The van der Waals surface area contributed by atoms with Crippen molar-refractivity contribution in [3.63, 3.8) is 0 Å². The van der Waals surface area contributed by atoms with Gasteiger partial charge in [0.15, 0.2) is 0 Å². The molecule has 0 aliphatic heterocycles. The number of amides is 1. The number of aliphatic hydroxyl groups is 1. The van der Waals surface area contributed by atoms with Crippen LogP contribution >= 0.6 is 0 Å². The molecule has 5 nitrogen and oxygen atoms in total. The fraction of sp³-hybridized carbons (Fsp3) is 0.250. The number of rotatable bonds is 6. The van der Waals surface area contributed by atoms with Gasteiger partial charge in [0.2, 0.25) is 0 Å². The van der Waals surface area contributed by atoms with E-state index in [4.69, 9.17) is 9.84 Å². The third-order valence-corrected chi connectivity index (χ3v) is 3.06. The van der Waals surface area contributed by atoms with E-state index < -0.39 is 0 Å². The highest BCUT2D eigenvalue weighted by molar-refractivity contribution is 5.92. The monoisotopic (exact) mass is 304 g/mol. The molecule has 1 aromatic heterocycles. The van der Waals surface area contributed by atoms with Crippen molar-refractivity contribution in [1.29, 1.82) is 0 Å². The zero-order valence-corrected chi connectivity index (χ0v) is 12.2. The van der Waals surface area contributed by atoms with Gasteiger partial charge in [-0.2, -0.15) is 0 Å². The summed E-state index contributed by atoms with van der Waals surface area (Å²) < 4.78 is 19.4.